The zero-order valence-corrected chi connectivity index (χ0v) is 10.3. The zero-order chi connectivity index (χ0) is 12.8. The van der Waals surface area contributed by atoms with E-state index in [0.717, 1.165) is 0 Å². The van der Waals surface area contributed by atoms with Gasteiger partial charge in [-0.2, -0.15) is 0 Å². The Hall–Kier alpha value is -0.590. The van der Waals surface area contributed by atoms with Crippen LogP contribution in [0.4, 0.5) is 0 Å². The van der Waals surface area contributed by atoms with Gasteiger partial charge in [0.1, 0.15) is 0 Å². The van der Waals surface area contributed by atoms with Crippen LogP contribution in [0.25, 0.3) is 0 Å². The predicted molar refractivity (Wildman–Crippen MR) is 58.7 cm³/mol. The Kier molecular flexibility index (Phi) is 5.94. The average Bonchev–Trinajstić information content (AvgIpc) is 2.35. The summed E-state index contributed by atoms with van der Waals surface area (Å²) in [6.45, 7) is 1.82. The molecule has 0 radical (unpaired) electrons. The van der Waals surface area contributed by atoms with Gasteiger partial charge in [0.25, 0.3) is 5.85 Å². The molecule has 0 aromatic rings. The lowest BCUT2D eigenvalue weighted by atomic mass is 9.97. The van der Waals surface area contributed by atoms with Gasteiger partial charge in [0.15, 0.2) is 0 Å². The summed E-state index contributed by atoms with van der Waals surface area (Å²) in [5.74, 6) is -2.23. The number of rotatable bonds is 6. The van der Waals surface area contributed by atoms with Gasteiger partial charge in [0.05, 0.1) is 5.92 Å². The highest BCUT2D eigenvalue weighted by molar-refractivity contribution is 7.39. The lowest BCUT2D eigenvalue weighted by Crippen LogP contribution is -2.37. The summed E-state index contributed by atoms with van der Waals surface area (Å²) in [5, 5.41) is 26.2. The van der Waals surface area contributed by atoms with E-state index in [9.17, 15) is 14.5 Å². The van der Waals surface area contributed by atoms with Crippen LogP contribution in [0, 0.1) is 5.92 Å². The quantitative estimate of drug-likeness (QED) is 0.369. The molecule has 0 saturated carbocycles. The molecule has 2 atom stereocenters. The van der Waals surface area contributed by atoms with Crippen LogP contribution < -0.4 is 0 Å². The molecule has 1 saturated heterocycles. The van der Waals surface area contributed by atoms with Crippen LogP contribution in [0.2, 0.25) is 0 Å². The number of aliphatic hydroxyl groups is 1. The highest BCUT2D eigenvalue weighted by Crippen LogP contribution is 2.28. The topological polar surface area (TPSA) is 107 Å². The molecule has 1 aliphatic rings. The van der Waals surface area contributed by atoms with Crippen molar-refractivity contribution in [3.8, 4) is 0 Å². The van der Waals surface area contributed by atoms with Crippen molar-refractivity contribution in [3.05, 3.63) is 0 Å². The van der Waals surface area contributed by atoms with E-state index in [1.807, 2.05) is 4.90 Å². The van der Waals surface area contributed by atoms with Crippen LogP contribution in [0.15, 0.2) is 0 Å². The van der Waals surface area contributed by atoms with Crippen molar-refractivity contribution in [2.45, 2.75) is 25.1 Å². The zero-order valence-electron chi connectivity index (χ0n) is 9.36. The summed E-state index contributed by atoms with van der Waals surface area (Å²) in [6.07, 6.45) is 1.41. The molecule has 17 heavy (non-hydrogen) atoms. The second-order valence-corrected chi connectivity index (χ2v) is 5.42. The van der Waals surface area contributed by atoms with Gasteiger partial charge in [-0.1, -0.05) is 0 Å². The molecular weight excluding hydrogens is 249 g/mol. The number of piperidine rings is 1. The molecule has 1 aliphatic heterocycles. The molecule has 1 rings (SSSR count). The standard InChI is InChI=1S/C9H16NO6P/c11-8(17(15)16-14)3-6-10-4-1-7(2-5-10)9(12)13/h7-8,11H,1-6H2,(H-,12,13,14)/p+1. The molecule has 8 heteroatoms. The molecule has 0 bridgehead atoms. The molecule has 0 aliphatic carbocycles. The van der Waals surface area contributed by atoms with Gasteiger partial charge in [0, 0.05) is 17.6 Å². The van der Waals surface area contributed by atoms with Crippen LogP contribution in [-0.2, 0) is 14.0 Å². The number of aliphatic carboxylic acids is 1. The lowest BCUT2D eigenvalue weighted by Gasteiger charge is -2.29. The van der Waals surface area contributed by atoms with Gasteiger partial charge in [0.2, 0.25) is 0 Å². The van der Waals surface area contributed by atoms with E-state index in [-0.39, 0.29) is 12.3 Å². The fourth-order valence-electron chi connectivity index (χ4n) is 1.86. The first kappa shape index (κ1) is 14.5. The van der Waals surface area contributed by atoms with Crippen LogP contribution in [0.1, 0.15) is 19.3 Å². The van der Waals surface area contributed by atoms with E-state index in [1.54, 1.807) is 0 Å². The number of hydrogen-bond donors (Lipinski definition) is 3. The Bertz CT molecular complexity index is 279. The fraction of sp³-hybridized carbons (Fsp3) is 0.889. The predicted octanol–water partition coefficient (Wildman–Crippen LogP) is 0.723. The van der Waals surface area contributed by atoms with E-state index < -0.39 is 19.8 Å². The van der Waals surface area contributed by atoms with Crippen molar-refractivity contribution in [2.75, 3.05) is 19.6 Å². The monoisotopic (exact) mass is 266 g/mol. The van der Waals surface area contributed by atoms with Crippen molar-refractivity contribution in [1.82, 2.24) is 4.90 Å². The number of hydrogen-bond acceptors (Lipinski definition) is 6. The van der Waals surface area contributed by atoms with Crippen LogP contribution in [-0.4, -0.2) is 51.8 Å². The van der Waals surface area contributed by atoms with Gasteiger partial charge in [-0.15, -0.1) is 0 Å². The molecule has 0 spiro atoms. The summed E-state index contributed by atoms with van der Waals surface area (Å²) >= 11 is 0. The minimum atomic E-state index is -2.45. The normalized spacial score (nSPS) is 21.2. The Morgan fingerprint density at radius 1 is 1.47 bits per heavy atom. The molecule has 0 amide bonds. The van der Waals surface area contributed by atoms with Gasteiger partial charge in [-0.25, -0.2) is 5.26 Å². The van der Waals surface area contributed by atoms with E-state index >= 15 is 0 Å². The van der Waals surface area contributed by atoms with Gasteiger partial charge in [-0.3, -0.25) is 4.79 Å². The van der Waals surface area contributed by atoms with Gasteiger partial charge in [-0.05, 0) is 30.5 Å². The molecule has 0 aromatic carbocycles. The highest BCUT2D eigenvalue weighted by Gasteiger charge is 2.32. The highest BCUT2D eigenvalue weighted by atomic mass is 31.1. The Labute approximate surface area is 99.8 Å². The maximum absolute atomic E-state index is 10.9. The van der Waals surface area contributed by atoms with E-state index in [1.165, 1.54) is 0 Å². The van der Waals surface area contributed by atoms with E-state index in [4.69, 9.17) is 10.4 Å². The van der Waals surface area contributed by atoms with Crippen molar-refractivity contribution >= 4 is 14.0 Å². The average molecular weight is 266 g/mol. The van der Waals surface area contributed by atoms with Crippen LogP contribution >= 0.6 is 8.03 Å². The maximum atomic E-state index is 10.9. The summed E-state index contributed by atoms with van der Waals surface area (Å²) in [7, 11) is -2.45. The van der Waals surface area contributed by atoms with Gasteiger partial charge < -0.3 is 15.1 Å². The summed E-state index contributed by atoms with van der Waals surface area (Å²) in [6, 6.07) is 0. The SMILES string of the molecule is O=C(O)C1CCN(CCC(O)[P+](=O)OO)CC1. The molecule has 98 valence electrons. The Morgan fingerprint density at radius 3 is 2.53 bits per heavy atom. The number of nitrogens with zero attached hydrogens (tertiary/aromatic N) is 1. The first-order valence-electron chi connectivity index (χ1n) is 5.45. The van der Waals surface area contributed by atoms with Crippen molar-refractivity contribution in [2.24, 2.45) is 5.92 Å². The number of carbonyl (C=O) groups is 1. The second kappa shape index (κ2) is 6.98. The summed E-state index contributed by atoms with van der Waals surface area (Å²) < 4.78 is 14.4. The summed E-state index contributed by atoms with van der Waals surface area (Å²) in [4.78, 5) is 12.7. The van der Waals surface area contributed by atoms with Crippen LogP contribution in [0.3, 0.4) is 0 Å². The smallest absolute Gasteiger partial charge is 0.481 e. The number of carboxylic acids is 1. The molecule has 2 unspecified atom stereocenters. The maximum Gasteiger partial charge on any atom is 0.571 e. The first-order chi connectivity index (χ1) is 8.04. The number of likely N-dealkylation sites (tertiary alicyclic amines) is 1. The molecule has 0 aromatic heterocycles. The largest absolute Gasteiger partial charge is 0.571 e. The number of aliphatic hydroxyl groups excluding tert-OH is 1. The first-order valence-corrected chi connectivity index (χ1v) is 6.70. The van der Waals surface area contributed by atoms with Crippen molar-refractivity contribution in [1.29, 1.82) is 0 Å². The minimum absolute atomic E-state index is 0.230. The lowest BCUT2D eigenvalue weighted by molar-refractivity contribution is -0.143. The third kappa shape index (κ3) is 4.65. The number of carboxylic acid groups (broad SMARTS) is 1. The molecule has 1 heterocycles. The molecule has 3 N–H and O–H groups in total. The molecule has 1 fully saturated rings. The van der Waals surface area contributed by atoms with E-state index in [0.29, 0.717) is 32.5 Å². The van der Waals surface area contributed by atoms with Crippen LogP contribution in [0.5, 0.6) is 0 Å². The minimum Gasteiger partial charge on any atom is -0.481 e. The Balaban J connectivity index is 2.22. The van der Waals surface area contributed by atoms with Gasteiger partial charge >= 0.3 is 14.0 Å². The third-order valence-electron chi connectivity index (χ3n) is 2.96. The second-order valence-electron chi connectivity index (χ2n) is 4.09. The van der Waals surface area contributed by atoms with E-state index in [2.05, 4.69) is 4.67 Å². The Morgan fingerprint density at radius 2 is 2.06 bits per heavy atom. The summed E-state index contributed by atoms with van der Waals surface area (Å²) in [5.41, 5.74) is 0. The molecular formula is C9H17NO6P+. The third-order valence-corrected chi connectivity index (χ3v) is 3.87. The van der Waals surface area contributed by atoms with Crippen molar-refractivity contribution < 1.29 is 29.5 Å². The molecule has 7 nitrogen and oxygen atoms in total. The van der Waals surface area contributed by atoms with Crippen molar-refractivity contribution in [3.63, 3.8) is 0 Å². The fourth-order valence-corrected chi connectivity index (χ4v) is 2.30.